The molecular formula is C17H12Cl2FN3O2. The summed E-state index contributed by atoms with van der Waals surface area (Å²) in [6, 6.07) is 10.9. The highest BCUT2D eigenvalue weighted by atomic mass is 35.5. The summed E-state index contributed by atoms with van der Waals surface area (Å²) in [6.07, 6.45) is 0.283. The Kier molecular flexibility index (Phi) is 5.31. The number of benzene rings is 2. The maximum atomic E-state index is 12.9. The van der Waals surface area contributed by atoms with E-state index < -0.39 is 0 Å². The van der Waals surface area contributed by atoms with Crippen molar-refractivity contribution in [2.75, 3.05) is 5.32 Å². The molecule has 0 aliphatic heterocycles. The van der Waals surface area contributed by atoms with Gasteiger partial charge in [-0.05, 0) is 29.8 Å². The number of aromatic nitrogens is 2. The first-order chi connectivity index (χ1) is 12.0. The van der Waals surface area contributed by atoms with Crippen molar-refractivity contribution in [3.05, 3.63) is 75.6 Å². The molecule has 0 unspecified atom stereocenters. The molecule has 0 aliphatic carbocycles. The molecule has 0 atom stereocenters. The molecule has 128 valence electrons. The monoisotopic (exact) mass is 379 g/mol. The van der Waals surface area contributed by atoms with Gasteiger partial charge in [0.2, 0.25) is 11.8 Å². The largest absolute Gasteiger partial charge is 0.339 e. The number of halogens is 3. The lowest BCUT2D eigenvalue weighted by Crippen LogP contribution is -2.15. The molecule has 25 heavy (non-hydrogen) atoms. The Morgan fingerprint density at radius 1 is 1.16 bits per heavy atom. The summed E-state index contributed by atoms with van der Waals surface area (Å²) in [5.74, 6) is -0.0763. The van der Waals surface area contributed by atoms with Crippen molar-refractivity contribution in [1.82, 2.24) is 10.1 Å². The molecule has 3 aromatic rings. The number of hydrogen-bond donors (Lipinski definition) is 1. The molecule has 2 aromatic carbocycles. The van der Waals surface area contributed by atoms with Crippen molar-refractivity contribution in [2.45, 2.75) is 12.8 Å². The minimum absolute atomic E-state index is 0.0737. The minimum atomic E-state index is -0.349. The lowest BCUT2D eigenvalue weighted by Gasteiger charge is -2.06. The van der Waals surface area contributed by atoms with Crippen LogP contribution in [-0.2, 0) is 17.6 Å². The topological polar surface area (TPSA) is 68.0 Å². The van der Waals surface area contributed by atoms with Crippen LogP contribution in [0.1, 0.15) is 17.3 Å². The van der Waals surface area contributed by atoms with Gasteiger partial charge in [0.05, 0.1) is 28.6 Å². The van der Waals surface area contributed by atoms with E-state index in [0.717, 1.165) is 5.56 Å². The molecule has 3 rings (SSSR count). The molecule has 1 amide bonds. The number of nitrogens with zero attached hydrogens (tertiary/aromatic N) is 2. The lowest BCUT2D eigenvalue weighted by molar-refractivity contribution is -0.115. The SMILES string of the molecule is O=C(Cc1noc(Cc2ccc(F)cc2)n1)Nc1cccc(Cl)c1Cl. The second-order valence-electron chi connectivity index (χ2n) is 5.23. The van der Waals surface area contributed by atoms with Gasteiger partial charge in [0.25, 0.3) is 0 Å². The van der Waals surface area contributed by atoms with Crippen LogP contribution in [-0.4, -0.2) is 16.0 Å². The Labute approximate surface area is 152 Å². The number of carbonyl (C=O) groups excluding carboxylic acids is 1. The van der Waals surface area contributed by atoms with Gasteiger partial charge >= 0.3 is 0 Å². The highest BCUT2D eigenvalue weighted by Crippen LogP contribution is 2.29. The van der Waals surface area contributed by atoms with Crippen LogP contribution < -0.4 is 5.32 Å². The molecule has 0 saturated carbocycles. The van der Waals surface area contributed by atoms with Gasteiger partial charge in [0.15, 0.2) is 5.82 Å². The standard InChI is InChI=1S/C17H12Cl2FN3O2/c18-12-2-1-3-13(17(12)19)21-15(24)9-14-22-16(25-23-14)8-10-4-6-11(20)7-5-10/h1-7H,8-9H2,(H,21,24). The van der Waals surface area contributed by atoms with Gasteiger partial charge in [-0.3, -0.25) is 4.79 Å². The molecule has 0 radical (unpaired) electrons. The van der Waals surface area contributed by atoms with Crippen LogP contribution >= 0.6 is 23.2 Å². The van der Waals surface area contributed by atoms with Gasteiger partial charge in [-0.15, -0.1) is 0 Å². The van der Waals surface area contributed by atoms with E-state index in [0.29, 0.717) is 23.0 Å². The average molecular weight is 380 g/mol. The van der Waals surface area contributed by atoms with Crippen LogP contribution in [0.15, 0.2) is 47.0 Å². The smallest absolute Gasteiger partial charge is 0.232 e. The summed E-state index contributed by atoms with van der Waals surface area (Å²) in [5, 5.41) is 7.03. The van der Waals surface area contributed by atoms with Crippen molar-refractivity contribution >= 4 is 34.8 Å². The zero-order valence-corrected chi connectivity index (χ0v) is 14.3. The Balaban J connectivity index is 1.61. The van der Waals surface area contributed by atoms with Gasteiger partial charge in [0.1, 0.15) is 5.82 Å². The van der Waals surface area contributed by atoms with E-state index in [2.05, 4.69) is 15.5 Å². The summed E-state index contributed by atoms with van der Waals surface area (Å²) in [4.78, 5) is 16.2. The van der Waals surface area contributed by atoms with Gasteiger partial charge in [-0.2, -0.15) is 4.98 Å². The van der Waals surface area contributed by atoms with Crippen LogP contribution in [0.3, 0.4) is 0 Å². The first-order valence-electron chi connectivity index (χ1n) is 7.31. The van der Waals surface area contributed by atoms with E-state index >= 15 is 0 Å². The van der Waals surface area contributed by atoms with Gasteiger partial charge < -0.3 is 9.84 Å². The molecule has 0 aliphatic rings. The molecule has 0 saturated heterocycles. The third-order valence-corrected chi connectivity index (χ3v) is 4.14. The fourth-order valence-corrected chi connectivity index (χ4v) is 2.50. The number of amides is 1. The zero-order valence-electron chi connectivity index (χ0n) is 12.8. The predicted molar refractivity (Wildman–Crippen MR) is 92.3 cm³/mol. The number of hydrogen-bond acceptors (Lipinski definition) is 4. The van der Waals surface area contributed by atoms with Crippen molar-refractivity contribution in [3.63, 3.8) is 0 Å². The average Bonchev–Trinajstić information content (AvgIpc) is 3.01. The van der Waals surface area contributed by atoms with Crippen LogP contribution in [0.5, 0.6) is 0 Å². The van der Waals surface area contributed by atoms with Gasteiger partial charge in [-0.25, -0.2) is 4.39 Å². The van der Waals surface area contributed by atoms with Crippen LogP contribution in [0, 0.1) is 5.82 Å². The molecule has 5 nitrogen and oxygen atoms in total. The Morgan fingerprint density at radius 2 is 1.92 bits per heavy atom. The second kappa shape index (κ2) is 7.63. The quantitative estimate of drug-likeness (QED) is 0.717. The van der Waals surface area contributed by atoms with E-state index in [4.69, 9.17) is 27.7 Å². The molecular weight excluding hydrogens is 368 g/mol. The molecule has 0 bridgehead atoms. The first-order valence-corrected chi connectivity index (χ1v) is 8.06. The lowest BCUT2D eigenvalue weighted by atomic mass is 10.1. The number of nitrogens with one attached hydrogen (secondary N) is 1. The summed E-state index contributed by atoms with van der Waals surface area (Å²) >= 11 is 11.9. The second-order valence-corrected chi connectivity index (χ2v) is 6.02. The first kappa shape index (κ1) is 17.4. The minimum Gasteiger partial charge on any atom is -0.339 e. The Morgan fingerprint density at radius 3 is 2.68 bits per heavy atom. The maximum absolute atomic E-state index is 12.9. The fraction of sp³-hybridized carbons (Fsp3) is 0.118. The van der Waals surface area contributed by atoms with Crippen molar-refractivity contribution in [3.8, 4) is 0 Å². The molecule has 1 heterocycles. The summed E-state index contributed by atoms with van der Waals surface area (Å²) < 4.78 is 18.0. The summed E-state index contributed by atoms with van der Waals surface area (Å²) in [5.41, 5.74) is 1.24. The van der Waals surface area contributed by atoms with E-state index in [1.807, 2.05) is 0 Å². The van der Waals surface area contributed by atoms with Crippen molar-refractivity contribution < 1.29 is 13.7 Å². The third kappa shape index (κ3) is 4.55. The van der Waals surface area contributed by atoms with E-state index in [1.165, 1.54) is 12.1 Å². The van der Waals surface area contributed by atoms with Gasteiger partial charge in [-0.1, -0.05) is 46.6 Å². The van der Waals surface area contributed by atoms with Gasteiger partial charge in [0, 0.05) is 0 Å². The van der Waals surface area contributed by atoms with E-state index in [9.17, 15) is 9.18 Å². The highest BCUT2D eigenvalue weighted by molar-refractivity contribution is 6.43. The summed E-state index contributed by atoms with van der Waals surface area (Å²) in [6.45, 7) is 0. The molecule has 1 aromatic heterocycles. The van der Waals surface area contributed by atoms with Crippen LogP contribution in [0.4, 0.5) is 10.1 Å². The van der Waals surface area contributed by atoms with Crippen LogP contribution in [0.25, 0.3) is 0 Å². The highest BCUT2D eigenvalue weighted by Gasteiger charge is 2.13. The Bertz CT molecular complexity index is 897. The Hall–Kier alpha value is -2.44. The van der Waals surface area contributed by atoms with Crippen LogP contribution in [0.2, 0.25) is 10.0 Å². The molecule has 8 heteroatoms. The molecule has 0 spiro atoms. The molecule has 0 fully saturated rings. The van der Waals surface area contributed by atoms with Crippen molar-refractivity contribution in [1.29, 1.82) is 0 Å². The van der Waals surface area contributed by atoms with E-state index in [-0.39, 0.29) is 29.0 Å². The van der Waals surface area contributed by atoms with E-state index in [1.54, 1.807) is 30.3 Å². The van der Waals surface area contributed by atoms with Crippen molar-refractivity contribution in [2.24, 2.45) is 0 Å². The predicted octanol–water partition coefficient (Wildman–Crippen LogP) is 4.29. The fourth-order valence-electron chi connectivity index (χ4n) is 2.15. The third-order valence-electron chi connectivity index (χ3n) is 3.32. The number of rotatable bonds is 5. The number of carbonyl (C=O) groups is 1. The number of anilines is 1. The zero-order chi connectivity index (χ0) is 17.8. The maximum Gasteiger partial charge on any atom is 0.232 e. The normalized spacial score (nSPS) is 10.7. The summed E-state index contributed by atoms with van der Waals surface area (Å²) in [7, 11) is 0. The molecule has 1 N–H and O–H groups in total.